The first-order valence-electron chi connectivity index (χ1n) is 5.96. The van der Waals surface area contributed by atoms with Crippen LogP contribution in [-0.2, 0) is 22.8 Å². The van der Waals surface area contributed by atoms with E-state index in [9.17, 15) is 8.42 Å². The predicted molar refractivity (Wildman–Crippen MR) is 70.0 cm³/mol. The van der Waals surface area contributed by atoms with Gasteiger partial charge in [-0.15, -0.1) is 11.3 Å². The van der Waals surface area contributed by atoms with Gasteiger partial charge in [-0.3, -0.25) is 0 Å². The summed E-state index contributed by atoms with van der Waals surface area (Å²) in [5.41, 5.74) is 0. The molecule has 0 unspecified atom stereocenters. The van der Waals surface area contributed by atoms with E-state index in [1.165, 1.54) is 4.88 Å². The van der Waals surface area contributed by atoms with Gasteiger partial charge in [0.15, 0.2) is 0 Å². The fourth-order valence-corrected chi connectivity index (χ4v) is 4.24. The zero-order valence-corrected chi connectivity index (χ0v) is 11.6. The van der Waals surface area contributed by atoms with Crippen molar-refractivity contribution in [2.45, 2.75) is 38.8 Å². The van der Waals surface area contributed by atoms with E-state index in [-0.39, 0.29) is 0 Å². The number of sulfone groups is 1. The molecule has 17 heavy (non-hydrogen) atoms. The summed E-state index contributed by atoms with van der Waals surface area (Å²) in [6, 6.07) is 0.339. The van der Waals surface area contributed by atoms with Gasteiger partial charge in [-0.2, -0.15) is 0 Å². The molecule has 0 atom stereocenters. The molecule has 1 aliphatic rings. The Morgan fingerprint density at radius 2 is 2.18 bits per heavy atom. The van der Waals surface area contributed by atoms with E-state index in [4.69, 9.17) is 0 Å². The van der Waals surface area contributed by atoms with Crippen molar-refractivity contribution in [2.75, 3.05) is 11.5 Å². The number of thiazole rings is 1. The van der Waals surface area contributed by atoms with Crippen molar-refractivity contribution in [3.63, 3.8) is 0 Å². The van der Waals surface area contributed by atoms with Gasteiger partial charge < -0.3 is 5.32 Å². The maximum absolute atomic E-state index is 11.3. The van der Waals surface area contributed by atoms with Crippen LogP contribution in [0.25, 0.3) is 0 Å². The lowest BCUT2D eigenvalue weighted by Gasteiger charge is -2.22. The summed E-state index contributed by atoms with van der Waals surface area (Å²) in [6.07, 6.45) is 4.37. The average molecular weight is 274 g/mol. The van der Waals surface area contributed by atoms with E-state index in [0.29, 0.717) is 17.5 Å². The fourth-order valence-electron chi connectivity index (χ4n) is 1.93. The van der Waals surface area contributed by atoms with Gasteiger partial charge in [0.1, 0.15) is 9.84 Å². The van der Waals surface area contributed by atoms with Crippen LogP contribution in [0.2, 0.25) is 0 Å². The highest BCUT2D eigenvalue weighted by atomic mass is 32.2. The van der Waals surface area contributed by atoms with Gasteiger partial charge in [0.2, 0.25) is 0 Å². The monoisotopic (exact) mass is 274 g/mol. The van der Waals surface area contributed by atoms with Gasteiger partial charge in [0, 0.05) is 23.7 Å². The number of nitrogens with one attached hydrogen (secondary N) is 1. The lowest BCUT2D eigenvalue weighted by molar-refractivity contribution is 0.464. The number of hydrogen-bond donors (Lipinski definition) is 1. The van der Waals surface area contributed by atoms with Crippen molar-refractivity contribution in [1.82, 2.24) is 10.3 Å². The molecule has 0 saturated carbocycles. The Hall–Kier alpha value is -0.460. The molecule has 6 heteroatoms. The second kappa shape index (κ2) is 5.46. The molecule has 1 N–H and O–H groups in total. The highest BCUT2D eigenvalue weighted by molar-refractivity contribution is 7.91. The average Bonchev–Trinajstić information content (AvgIpc) is 2.75. The van der Waals surface area contributed by atoms with Gasteiger partial charge in [0.25, 0.3) is 0 Å². The van der Waals surface area contributed by atoms with Gasteiger partial charge >= 0.3 is 0 Å². The molecule has 0 aliphatic carbocycles. The summed E-state index contributed by atoms with van der Waals surface area (Å²) in [5, 5.41) is 4.58. The molecular weight excluding hydrogens is 256 g/mol. The molecule has 2 rings (SSSR count). The highest BCUT2D eigenvalue weighted by Gasteiger charge is 2.23. The van der Waals surface area contributed by atoms with Crippen LogP contribution in [-0.4, -0.2) is 30.9 Å². The Labute approximate surface area is 106 Å². The molecule has 1 aromatic heterocycles. The molecule has 0 spiro atoms. The van der Waals surface area contributed by atoms with Crippen LogP contribution < -0.4 is 5.32 Å². The normalized spacial score (nSPS) is 20.5. The Balaban J connectivity index is 1.79. The van der Waals surface area contributed by atoms with Gasteiger partial charge in [-0.05, 0) is 19.3 Å². The van der Waals surface area contributed by atoms with E-state index in [2.05, 4.69) is 17.2 Å². The maximum Gasteiger partial charge on any atom is 0.150 e. The number of nitrogens with zero attached hydrogens (tertiary/aromatic N) is 1. The van der Waals surface area contributed by atoms with E-state index in [1.54, 1.807) is 11.3 Å². The van der Waals surface area contributed by atoms with Crippen LogP contribution in [0.5, 0.6) is 0 Å². The summed E-state index contributed by atoms with van der Waals surface area (Å²) in [4.78, 5) is 5.54. The van der Waals surface area contributed by atoms with Crippen molar-refractivity contribution >= 4 is 21.2 Å². The molecule has 4 nitrogen and oxygen atoms in total. The van der Waals surface area contributed by atoms with E-state index >= 15 is 0 Å². The largest absolute Gasteiger partial charge is 0.309 e. The molecule has 2 heterocycles. The van der Waals surface area contributed by atoms with E-state index < -0.39 is 9.84 Å². The van der Waals surface area contributed by atoms with Gasteiger partial charge in [0.05, 0.1) is 16.5 Å². The van der Waals surface area contributed by atoms with E-state index in [1.807, 2.05) is 6.20 Å². The third kappa shape index (κ3) is 3.76. The van der Waals surface area contributed by atoms with Crippen molar-refractivity contribution in [2.24, 2.45) is 0 Å². The first kappa shape index (κ1) is 13.0. The van der Waals surface area contributed by atoms with Crippen LogP contribution in [0.15, 0.2) is 6.20 Å². The van der Waals surface area contributed by atoms with E-state index in [0.717, 1.165) is 30.8 Å². The van der Waals surface area contributed by atoms with Crippen LogP contribution in [0.4, 0.5) is 0 Å². The van der Waals surface area contributed by atoms with Crippen molar-refractivity contribution in [3.05, 3.63) is 16.1 Å². The second-order valence-corrected chi connectivity index (χ2v) is 7.88. The molecular formula is C11H18N2O2S2. The Bertz CT molecular complexity index is 454. The molecule has 96 valence electrons. The van der Waals surface area contributed by atoms with Crippen LogP contribution in [0.3, 0.4) is 0 Å². The van der Waals surface area contributed by atoms with Crippen molar-refractivity contribution in [3.8, 4) is 0 Å². The molecule has 1 aromatic rings. The van der Waals surface area contributed by atoms with Crippen molar-refractivity contribution < 1.29 is 8.42 Å². The summed E-state index contributed by atoms with van der Waals surface area (Å²) < 4.78 is 22.6. The molecule has 1 saturated heterocycles. The summed E-state index contributed by atoms with van der Waals surface area (Å²) in [7, 11) is -2.75. The highest BCUT2D eigenvalue weighted by Crippen LogP contribution is 2.16. The van der Waals surface area contributed by atoms with Crippen LogP contribution in [0.1, 0.15) is 29.7 Å². The van der Waals surface area contributed by atoms with Crippen LogP contribution in [0, 0.1) is 0 Å². The fraction of sp³-hybridized carbons (Fsp3) is 0.727. The smallest absolute Gasteiger partial charge is 0.150 e. The topological polar surface area (TPSA) is 59.1 Å². The van der Waals surface area contributed by atoms with Crippen LogP contribution >= 0.6 is 11.3 Å². The minimum absolute atomic E-state index is 0.327. The standard InChI is InChI=1S/C11H18N2O2S2/c1-2-11-13-8-10(16-11)7-12-9-3-5-17(14,15)6-4-9/h8-9,12H,2-7H2,1H3. The van der Waals surface area contributed by atoms with Crippen molar-refractivity contribution in [1.29, 1.82) is 0 Å². The third-order valence-electron chi connectivity index (χ3n) is 3.02. The summed E-state index contributed by atoms with van der Waals surface area (Å²) >= 11 is 1.73. The molecule has 0 radical (unpaired) electrons. The number of aryl methyl sites for hydroxylation is 1. The third-order valence-corrected chi connectivity index (χ3v) is 5.88. The SMILES string of the molecule is CCc1ncc(CNC2CCS(=O)(=O)CC2)s1. The lowest BCUT2D eigenvalue weighted by atomic mass is 10.1. The summed E-state index contributed by atoms with van der Waals surface area (Å²) in [5.74, 6) is 0.654. The maximum atomic E-state index is 11.3. The van der Waals surface area contributed by atoms with Gasteiger partial charge in [-0.25, -0.2) is 13.4 Å². The Kier molecular flexibility index (Phi) is 4.17. The Morgan fingerprint density at radius 1 is 1.47 bits per heavy atom. The lowest BCUT2D eigenvalue weighted by Crippen LogP contribution is -2.36. The molecule has 0 bridgehead atoms. The predicted octanol–water partition coefficient (Wildman–Crippen LogP) is 1.37. The zero-order chi connectivity index (χ0) is 12.3. The summed E-state index contributed by atoms with van der Waals surface area (Å²) in [6.45, 7) is 2.91. The first-order chi connectivity index (χ1) is 8.09. The number of aromatic nitrogens is 1. The molecule has 1 fully saturated rings. The van der Waals surface area contributed by atoms with Gasteiger partial charge in [-0.1, -0.05) is 6.92 Å². The minimum Gasteiger partial charge on any atom is -0.309 e. The Morgan fingerprint density at radius 3 is 2.76 bits per heavy atom. The quantitative estimate of drug-likeness (QED) is 0.901. The second-order valence-electron chi connectivity index (χ2n) is 4.38. The minimum atomic E-state index is -2.75. The number of rotatable bonds is 4. The zero-order valence-electron chi connectivity index (χ0n) is 9.98. The first-order valence-corrected chi connectivity index (χ1v) is 8.60. The molecule has 0 amide bonds. The molecule has 0 aromatic carbocycles. The molecule has 1 aliphatic heterocycles. The number of hydrogen-bond acceptors (Lipinski definition) is 5.